The molecule has 0 spiro atoms. The maximum Gasteiger partial charge on any atom is 0.265 e. The number of amides is 1. The molecule has 0 radical (unpaired) electrons. The highest BCUT2D eigenvalue weighted by molar-refractivity contribution is 7.11. The smallest absolute Gasteiger partial charge is 0.265 e. The molecule has 1 N–H and O–H groups in total. The predicted molar refractivity (Wildman–Crippen MR) is 84.2 cm³/mol. The van der Waals surface area contributed by atoms with Gasteiger partial charge < -0.3 is 14.9 Å². The minimum atomic E-state index is -0.290. The highest BCUT2D eigenvalue weighted by atomic mass is 32.1. The van der Waals surface area contributed by atoms with Crippen LogP contribution < -0.4 is 10.1 Å². The Morgan fingerprint density at radius 2 is 2.29 bits per heavy atom. The Bertz CT molecular complexity index is 624. The first kappa shape index (κ1) is 15.1. The number of thiophene rings is 1. The summed E-state index contributed by atoms with van der Waals surface area (Å²) in [6.07, 6.45) is 1.57. The number of anilines is 1. The summed E-state index contributed by atoms with van der Waals surface area (Å²) in [5.74, 6) is 0.318. The molecule has 1 aromatic heterocycles. The lowest BCUT2D eigenvalue weighted by Gasteiger charge is -2.10. The highest BCUT2D eigenvalue weighted by Crippen LogP contribution is 2.24. The lowest BCUT2D eigenvalue weighted by atomic mass is 10.2. The normalized spacial score (nSPS) is 10.6. The maximum atomic E-state index is 11.8. The maximum absolute atomic E-state index is 11.8. The fourth-order valence-corrected chi connectivity index (χ4v) is 2.23. The van der Waals surface area contributed by atoms with E-state index in [4.69, 9.17) is 9.57 Å². The summed E-state index contributed by atoms with van der Waals surface area (Å²) in [5.41, 5.74) is 1.65. The molecule has 1 aromatic carbocycles. The van der Waals surface area contributed by atoms with Crippen LogP contribution in [0.5, 0.6) is 5.75 Å². The third-order valence-corrected chi connectivity index (χ3v) is 3.43. The van der Waals surface area contributed by atoms with Crippen LogP contribution in [0.2, 0.25) is 0 Å². The van der Waals surface area contributed by atoms with Gasteiger partial charge in [0.25, 0.3) is 5.91 Å². The van der Waals surface area contributed by atoms with Crippen LogP contribution in [0.3, 0.4) is 0 Å². The van der Waals surface area contributed by atoms with Crippen molar-refractivity contribution in [3.8, 4) is 5.75 Å². The monoisotopic (exact) mass is 304 g/mol. The second kappa shape index (κ2) is 7.44. The molecule has 0 saturated heterocycles. The lowest BCUT2D eigenvalue weighted by molar-refractivity contribution is -0.120. The quantitative estimate of drug-likeness (QED) is 0.659. The predicted octanol–water partition coefficient (Wildman–Crippen LogP) is 3.05. The molecule has 0 saturated carbocycles. The zero-order valence-electron chi connectivity index (χ0n) is 11.8. The molecular weight excluding hydrogens is 288 g/mol. The average Bonchev–Trinajstić information content (AvgIpc) is 2.97. The minimum Gasteiger partial charge on any atom is -0.495 e. The van der Waals surface area contributed by atoms with Crippen LogP contribution in [0.4, 0.5) is 5.69 Å². The van der Waals surface area contributed by atoms with Gasteiger partial charge in [0.05, 0.1) is 19.0 Å². The fourth-order valence-electron chi connectivity index (χ4n) is 1.66. The third kappa shape index (κ3) is 4.61. The molecule has 110 valence electrons. The van der Waals surface area contributed by atoms with Crippen LogP contribution in [-0.4, -0.2) is 25.8 Å². The van der Waals surface area contributed by atoms with Gasteiger partial charge in [-0.3, -0.25) is 4.79 Å². The van der Waals surface area contributed by atoms with E-state index >= 15 is 0 Å². The number of carbonyl (C=O) groups is 1. The standard InChI is InChI=1S/C15H16N2O3S/c1-11-5-6-14(19-2)13(8-11)17-15(18)10-20-16-9-12-4-3-7-21-12/h3-9H,10H2,1-2H3,(H,17,18)/b16-9+. The van der Waals surface area contributed by atoms with Crippen molar-refractivity contribution in [2.45, 2.75) is 6.92 Å². The molecule has 21 heavy (non-hydrogen) atoms. The molecule has 0 atom stereocenters. The van der Waals surface area contributed by atoms with E-state index in [1.807, 2.05) is 36.6 Å². The number of hydrogen-bond donors (Lipinski definition) is 1. The zero-order chi connectivity index (χ0) is 15.1. The van der Waals surface area contributed by atoms with E-state index in [0.717, 1.165) is 10.4 Å². The Kier molecular flexibility index (Phi) is 5.34. The van der Waals surface area contributed by atoms with E-state index in [-0.39, 0.29) is 12.5 Å². The van der Waals surface area contributed by atoms with E-state index in [2.05, 4.69) is 10.5 Å². The molecule has 1 heterocycles. The zero-order valence-corrected chi connectivity index (χ0v) is 12.6. The number of hydrogen-bond acceptors (Lipinski definition) is 5. The van der Waals surface area contributed by atoms with Gasteiger partial charge in [0.2, 0.25) is 0 Å². The van der Waals surface area contributed by atoms with Crippen molar-refractivity contribution in [1.82, 2.24) is 0 Å². The number of benzene rings is 1. The number of rotatable bonds is 6. The number of ether oxygens (including phenoxy) is 1. The fraction of sp³-hybridized carbons (Fsp3) is 0.200. The van der Waals surface area contributed by atoms with Gasteiger partial charge in [-0.15, -0.1) is 11.3 Å². The molecule has 0 aliphatic carbocycles. The summed E-state index contributed by atoms with van der Waals surface area (Å²) in [7, 11) is 1.56. The van der Waals surface area contributed by atoms with E-state index in [0.29, 0.717) is 11.4 Å². The van der Waals surface area contributed by atoms with Crippen LogP contribution in [0, 0.1) is 6.92 Å². The van der Waals surface area contributed by atoms with Gasteiger partial charge in [-0.2, -0.15) is 0 Å². The molecule has 2 rings (SSSR count). The summed E-state index contributed by atoms with van der Waals surface area (Å²) in [6, 6.07) is 9.39. The molecule has 0 aliphatic rings. The van der Waals surface area contributed by atoms with Gasteiger partial charge in [-0.25, -0.2) is 0 Å². The molecule has 5 nitrogen and oxygen atoms in total. The third-order valence-electron chi connectivity index (χ3n) is 2.62. The summed E-state index contributed by atoms with van der Waals surface area (Å²) in [4.78, 5) is 17.7. The largest absolute Gasteiger partial charge is 0.495 e. The number of nitrogens with zero attached hydrogens (tertiary/aromatic N) is 1. The van der Waals surface area contributed by atoms with Gasteiger partial charge in [-0.05, 0) is 36.1 Å². The molecule has 6 heteroatoms. The SMILES string of the molecule is COc1ccc(C)cc1NC(=O)CO/N=C/c1cccs1. The Morgan fingerprint density at radius 3 is 3.00 bits per heavy atom. The first-order valence-corrected chi connectivity index (χ1v) is 7.20. The van der Waals surface area contributed by atoms with Gasteiger partial charge in [-0.1, -0.05) is 17.3 Å². The Morgan fingerprint density at radius 1 is 1.43 bits per heavy atom. The molecular formula is C15H16N2O3S. The van der Waals surface area contributed by atoms with Crippen LogP contribution in [0.1, 0.15) is 10.4 Å². The molecule has 0 aliphatic heterocycles. The van der Waals surface area contributed by atoms with Crippen molar-refractivity contribution in [1.29, 1.82) is 0 Å². The van der Waals surface area contributed by atoms with Crippen LogP contribution in [-0.2, 0) is 9.63 Å². The number of carbonyl (C=O) groups excluding carboxylic acids is 1. The van der Waals surface area contributed by atoms with Crippen molar-refractivity contribution in [2.75, 3.05) is 19.0 Å². The van der Waals surface area contributed by atoms with Gasteiger partial charge in [0.1, 0.15) is 5.75 Å². The summed E-state index contributed by atoms with van der Waals surface area (Å²) in [6.45, 7) is 1.79. The Hall–Kier alpha value is -2.34. The molecule has 2 aromatic rings. The van der Waals surface area contributed by atoms with Crippen LogP contribution in [0.25, 0.3) is 0 Å². The highest BCUT2D eigenvalue weighted by Gasteiger charge is 2.08. The van der Waals surface area contributed by atoms with Crippen molar-refractivity contribution in [3.05, 3.63) is 46.2 Å². The second-order valence-corrected chi connectivity index (χ2v) is 5.25. The Balaban J connectivity index is 1.86. The summed E-state index contributed by atoms with van der Waals surface area (Å²) < 4.78 is 5.19. The topological polar surface area (TPSA) is 59.9 Å². The first-order valence-electron chi connectivity index (χ1n) is 6.32. The number of aryl methyl sites for hydroxylation is 1. The minimum absolute atomic E-state index is 0.154. The van der Waals surface area contributed by atoms with Gasteiger partial charge in [0, 0.05) is 4.88 Å². The van der Waals surface area contributed by atoms with Crippen LogP contribution >= 0.6 is 11.3 Å². The number of nitrogens with one attached hydrogen (secondary N) is 1. The van der Waals surface area contributed by atoms with Crippen molar-refractivity contribution in [2.24, 2.45) is 5.16 Å². The summed E-state index contributed by atoms with van der Waals surface area (Å²) in [5, 5.41) is 8.43. The molecule has 0 bridgehead atoms. The summed E-state index contributed by atoms with van der Waals surface area (Å²) >= 11 is 1.54. The molecule has 0 unspecified atom stereocenters. The second-order valence-electron chi connectivity index (χ2n) is 4.28. The van der Waals surface area contributed by atoms with E-state index < -0.39 is 0 Å². The molecule has 1 amide bonds. The Labute approximate surface area is 127 Å². The van der Waals surface area contributed by atoms with E-state index in [1.54, 1.807) is 30.7 Å². The lowest BCUT2D eigenvalue weighted by Crippen LogP contribution is -2.17. The van der Waals surface area contributed by atoms with Crippen molar-refractivity contribution < 1.29 is 14.4 Å². The van der Waals surface area contributed by atoms with Gasteiger partial charge >= 0.3 is 0 Å². The first-order chi connectivity index (χ1) is 10.2. The number of methoxy groups -OCH3 is 1. The van der Waals surface area contributed by atoms with E-state index in [1.165, 1.54) is 0 Å². The number of oxime groups is 1. The average molecular weight is 304 g/mol. The van der Waals surface area contributed by atoms with Crippen molar-refractivity contribution in [3.63, 3.8) is 0 Å². The van der Waals surface area contributed by atoms with Gasteiger partial charge in [0.15, 0.2) is 6.61 Å². The van der Waals surface area contributed by atoms with Crippen LogP contribution in [0.15, 0.2) is 40.9 Å². The van der Waals surface area contributed by atoms with Crippen molar-refractivity contribution >= 4 is 29.1 Å². The van der Waals surface area contributed by atoms with E-state index in [9.17, 15) is 4.79 Å². The molecule has 0 fully saturated rings.